The molecule has 4 heteroatoms. The third kappa shape index (κ3) is 6.02. The first-order valence-corrected chi connectivity index (χ1v) is 18.6. The number of esters is 2. The quantitative estimate of drug-likeness (QED) is 0.187. The minimum atomic E-state index is -0.386. The van der Waals surface area contributed by atoms with Crippen LogP contribution in [-0.2, 0) is 19.1 Å². The van der Waals surface area contributed by atoms with Gasteiger partial charge in [-0.05, 0) is 151 Å². The van der Waals surface area contributed by atoms with Crippen LogP contribution in [0.1, 0.15) is 137 Å². The first-order chi connectivity index (χ1) is 21.7. The highest BCUT2D eigenvalue weighted by atomic mass is 16.5. The van der Waals surface area contributed by atoms with Gasteiger partial charge in [-0.3, -0.25) is 9.59 Å². The van der Waals surface area contributed by atoms with E-state index in [0.29, 0.717) is 29.6 Å². The molecule has 0 bridgehead atoms. The Balaban J connectivity index is 1.18. The van der Waals surface area contributed by atoms with Gasteiger partial charge < -0.3 is 9.47 Å². The molecule has 4 saturated carbocycles. The molecule has 0 heterocycles. The van der Waals surface area contributed by atoms with Crippen molar-refractivity contribution in [3.8, 4) is 0 Å². The maximum absolute atomic E-state index is 13.0. The van der Waals surface area contributed by atoms with E-state index in [1.54, 1.807) is 19.8 Å². The van der Waals surface area contributed by atoms with E-state index in [4.69, 9.17) is 9.47 Å². The fourth-order valence-electron chi connectivity index (χ4n) is 12.3. The Bertz CT molecular complexity index is 1260. The molecule has 0 unspecified atom stereocenters. The molecule has 0 aromatic carbocycles. The van der Waals surface area contributed by atoms with E-state index in [0.717, 1.165) is 89.9 Å². The van der Waals surface area contributed by atoms with Gasteiger partial charge in [-0.25, -0.2) is 0 Å². The van der Waals surface area contributed by atoms with E-state index in [1.165, 1.54) is 36.0 Å². The van der Waals surface area contributed by atoms with Crippen LogP contribution in [0, 0.1) is 51.2 Å². The Kier molecular flexibility index (Phi) is 10.3. The second-order valence-corrected chi connectivity index (χ2v) is 17.2. The van der Waals surface area contributed by atoms with Gasteiger partial charge in [0, 0.05) is 0 Å². The van der Waals surface area contributed by atoms with Crippen molar-refractivity contribution in [2.45, 2.75) is 137 Å². The van der Waals surface area contributed by atoms with E-state index in [2.05, 4.69) is 53.5 Å². The van der Waals surface area contributed by atoms with Crippen molar-refractivity contribution in [3.05, 3.63) is 48.1 Å². The highest BCUT2D eigenvalue weighted by molar-refractivity contribution is 5.77. The maximum Gasteiger partial charge on any atom is 0.311 e. The number of ether oxygens (including phenoxy) is 2. The smallest absolute Gasteiger partial charge is 0.311 e. The van der Waals surface area contributed by atoms with Crippen LogP contribution in [0.4, 0.5) is 0 Å². The summed E-state index contributed by atoms with van der Waals surface area (Å²) in [7, 11) is 3.10. The van der Waals surface area contributed by atoms with Crippen LogP contribution in [0.3, 0.4) is 0 Å². The largest absolute Gasteiger partial charge is 0.469 e. The molecule has 0 aliphatic heterocycles. The van der Waals surface area contributed by atoms with Crippen molar-refractivity contribution >= 4 is 11.9 Å². The summed E-state index contributed by atoms with van der Waals surface area (Å²) in [5.41, 5.74) is 5.25. The molecule has 4 nitrogen and oxygen atoms in total. The lowest BCUT2D eigenvalue weighted by molar-refractivity contribution is -0.168. The topological polar surface area (TPSA) is 52.6 Å². The average molecular weight is 633 g/mol. The van der Waals surface area contributed by atoms with Gasteiger partial charge in [-0.1, -0.05) is 74.8 Å². The summed E-state index contributed by atoms with van der Waals surface area (Å²) in [4.78, 5) is 26.0. The van der Waals surface area contributed by atoms with Gasteiger partial charge in [-0.2, -0.15) is 0 Å². The van der Waals surface area contributed by atoms with E-state index in [1.807, 2.05) is 0 Å². The molecule has 4 fully saturated rings. The molecule has 0 amide bonds. The van der Waals surface area contributed by atoms with E-state index < -0.39 is 0 Å². The molecule has 0 saturated heterocycles. The van der Waals surface area contributed by atoms with Crippen molar-refractivity contribution in [1.82, 2.24) is 0 Å². The van der Waals surface area contributed by atoms with Crippen molar-refractivity contribution in [2.75, 3.05) is 14.2 Å². The van der Waals surface area contributed by atoms with Gasteiger partial charge in [0.05, 0.1) is 25.0 Å². The zero-order chi connectivity index (χ0) is 33.5. The van der Waals surface area contributed by atoms with Crippen LogP contribution in [-0.4, -0.2) is 26.2 Å². The summed E-state index contributed by atoms with van der Waals surface area (Å²) >= 11 is 0. The molecule has 46 heavy (non-hydrogen) atoms. The molecular weight excluding hydrogens is 568 g/mol. The summed E-state index contributed by atoms with van der Waals surface area (Å²) < 4.78 is 10.7. The fourth-order valence-corrected chi connectivity index (χ4v) is 12.3. The van der Waals surface area contributed by atoms with Crippen LogP contribution in [0.15, 0.2) is 48.1 Å². The average Bonchev–Trinajstić information content (AvgIpc) is 3.03. The Hall–Kier alpha value is -2.10. The minimum Gasteiger partial charge on any atom is -0.469 e. The molecule has 9 atom stereocenters. The van der Waals surface area contributed by atoms with Gasteiger partial charge >= 0.3 is 11.9 Å². The number of carbonyl (C=O) groups is 2. The Morgan fingerprint density at radius 1 is 0.761 bits per heavy atom. The molecule has 0 N–H and O–H groups in total. The number of hydrogen-bond acceptors (Lipinski definition) is 4. The first-order valence-electron chi connectivity index (χ1n) is 18.6. The molecule has 0 radical (unpaired) electrons. The van der Waals surface area contributed by atoms with Crippen LogP contribution in [0.2, 0.25) is 0 Å². The van der Waals surface area contributed by atoms with Crippen molar-refractivity contribution in [1.29, 1.82) is 0 Å². The van der Waals surface area contributed by atoms with Gasteiger partial charge in [0.25, 0.3) is 0 Å². The predicted molar refractivity (Wildman–Crippen MR) is 188 cm³/mol. The second-order valence-electron chi connectivity index (χ2n) is 17.2. The van der Waals surface area contributed by atoms with Crippen LogP contribution >= 0.6 is 0 Å². The standard InChI is InChI=1S/C42H64O4/c1-28(12-20-33-29(2)13-22-35-39(33,4)24-10-26-41(35,6)37(43)45-8)32-18-15-31(16-19-32)17-21-34-30(3)14-23-36-40(34,5)25-11-27-42(36,7)38(44)46-9/h15,32-36H,1-3,10-14,16-27H2,4-9H3/t32-,33+,34+,35-,36-,39-,40-,41-,42-/m0/s1. The normalized spacial score (nSPS) is 41.1. The Morgan fingerprint density at radius 2 is 1.26 bits per heavy atom. The highest BCUT2D eigenvalue weighted by Crippen LogP contribution is 2.64. The van der Waals surface area contributed by atoms with Crippen molar-refractivity contribution < 1.29 is 19.1 Å². The Morgan fingerprint density at radius 3 is 1.72 bits per heavy atom. The molecule has 5 rings (SSSR count). The van der Waals surface area contributed by atoms with Gasteiger partial charge in [0.2, 0.25) is 0 Å². The van der Waals surface area contributed by atoms with E-state index >= 15 is 0 Å². The van der Waals surface area contributed by atoms with E-state index in [9.17, 15) is 9.59 Å². The van der Waals surface area contributed by atoms with Crippen LogP contribution < -0.4 is 0 Å². The molecular formula is C42H64O4. The summed E-state index contributed by atoms with van der Waals surface area (Å²) in [5, 5.41) is 0. The number of carbonyl (C=O) groups excluding carboxylic acids is 2. The Labute approximate surface area is 280 Å². The lowest BCUT2D eigenvalue weighted by Gasteiger charge is -2.57. The zero-order valence-corrected chi connectivity index (χ0v) is 30.2. The summed E-state index contributed by atoms with van der Waals surface area (Å²) in [6.07, 6.45) is 21.0. The third-order valence-corrected chi connectivity index (χ3v) is 14.9. The molecule has 0 aromatic rings. The highest BCUT2D eigenvalue weighted by Gasteiger charge is 2.59. The predicted octanol–water partition coefficient (Wildman–Crippen LogP) is 10.7. The van der Waals surface area contributed by atoms with Gasteiger partial charge in [-0.15, -0.1) is 0 Å². The van der Waals surface area contributed by atoms with Crippen molar-refractivity contribution in [3.63, 3.8) is 0 Å². The lowest BCUT2D eigenvalue weighted by Crippen LogP contribution is -2.53. The third-order valence-electron chi connectivity index (χ3n) is 14.9. The lowest BCUT2D eigenvalue weighted by atomic mass is 9.46. The van der Waals surface area contributed by atoms with Crippen LogP contribution in [0.5, 0.6) is 0 Å². The number of hydrogen-bond donors (Lipinski definition) is 0. The fraction of sp³-hybridized carbons (Fsp3) is 0.762. The molecule has 0 spiro atoms. The zero-order valence-electron chi connectivity index (χ0n) is 30.2. The molecule has 5 aliphatic rings. The van der Waals surface area contributed by atoms with Gasteiger partial charge in [0.1, 0.15) is 0 Å². The second kappa shape index (κ2) is 13.4. The number of methoxy groups -OCH3 is 2. The maximum atomic E-state index is 13.0. The summed E-state index contributed by atoms with van der Waals surface area (Å²) in [6, 6.07) is 0. The molecule has 5 aliphatic carbocycles. The monoisotopic (exact) mass is 632 g/mol. The minimum absolute atomic E-state index is 0.0175. The molecule has 0 aromatic heterocycles. The molecule has 256 valence electrons. The number of rotatable bonds is 9. The first kappa shape index (κ1) is 35.2. The van der Waals surface area contributed by atoms with E-state index in [-0.39, 0.29) is 33.6 Å². The number of allylic oxidation sites excluding steroid dienone is 5. The van der Waals surface area contributed by atoms with Crippen molar-refractivity contribution in [2.24, 2.45) is 51.2 Å². The summed E-state index contributed by atoms with van der Waals surface area (Å²) in [6.45, 7) is 23.0. The van der Waals surface area contributed by atoms with Crippen LogP contribution in [0.25, 0.3) is 0 Å². The summed E-state index contributed by atoms with van der Waals surface area (Å²) in [5.74, 6) is 2.15. The van der Waals surface area contributed by atoms with Gasteiger partial charge in [0.15, 0.2) is 0 Å². The SMILES string of the molecule is C=C(CC[C@@H]1C(=C)CC[C@H]2[C@@]1(C)CCC[C@]2(C)C(=O)OC)[C@H]1CC=C(CC[C@@H]2C(=C)CC[C@H]3[C@@]2(C)CCC[C@]3(C)C(=O)OC)CC1. The number of fused-ring (bicyclic) bond motifs is 2.